The van der Waals surface area contributed by atoms with Crippen molar-refractivity contribution in [3.8, 4) is 0 Å². The molecule has 1 aromatic heterocycles. The van der Waals surface area contributed by atoms with E-state index in [4.69, 9.17) is 20.9 Å². The molecule has 110 valence electrons. The second-order valence-corrected chi connectivity index (χ2v) is 5.21. The molecule has 1 saturated heterocycles. The smallest absolute Gasteiger partial charge is 0.239 e. The highest BCUT2D eigenvalue weighted by molar-refractivity contribution is 6.31. The molecule has 0 radical (unpaired) electrons. The fraction of sp³-hybridized carbons (Fsp3) is 0.357. The van der Waals surface area contributed by atoms with Gasteiger partial charge in [-0.3, -0.25) is 4.79 Å². The SMILES string of the molecule is O=C1CCOCC1c1nc(Cc2ccc(F)cc2Cl)no1. The minimum Gasteiger partial charge on any atom is -0.380 e. The van der Waals surface area contributed by atoms with E-state index in [1.54, 1.807) is 6.07 Å². The summed E-state index contributed by atoms with van der Waals surface area (Å²) in [6.07, 6.45) is 0.663. The molecule has 1 atom stereocenters. The van der Waals surface area contributed by atoms with Gasteiger partial charge in [-0.25, -0.2) is 4.39 Å². The molecule has 0 saturated carbocycles. The molecule has 1 aromatic carbocycles. The molecule has 1 fully saturated rings. The first kappa shape index (κ1) is 14.2. The van der Waals surface area contributed by atoms with Gasteiger partial charge in [0.25, 0.3) is 0 Å². The lowest BCUT2D eigenvalue weighted by Gasteiger charge is -2.17. The van der Waals surface area contributed by atoms with Crippen LogP contribution >= 0.6 is 11.6 Å². The van der Waals surface area contributed by atoms with Crippen molar-refractivity contribution >= 4 is 17.4 Å². The number of nitrogens with zero attached hydrogens (tertiary/aromatic N) is 2. The molecule has 7 heteroatoms. The normalized spacial score (nSPS) is 19.0. The number of rotatable bonds is 3. The van der Waals surface area contributed by atoms with E-state index in [0.29, 0.717) is 35.9 Å². The van der Waals surface area contributed by atoms with Crippen molar-refractivity contribution in [2.24, 2.45) is 0 Å². The summed E-state index contributed by atoms with van der Waals surface area (Å²) in [7, 11) is 0. The van der Waals surface area contributed by atoms with Gasteiger partial charge in [-0.1, -0.05) is 22.8 Å². The first-order valence-electron chi connectivity index (χ1n) is 6.50. The molecule has 2 heterocycles. The number of hydrogen-bond donors (Lipinski definition) is 0. The monoisotopic (exact) mass is 310 g/mol. The molecule has 1 aliphatic heterocycles. The van der Waals surface area contributed by atoms with Gasteiger partial charge in [0.2, 0.25) is 5.89 Å². The summed E-state index contributed by atoms with van der Waals surface area (Å²) in [5.74, 6) is -0.202. The van der Waals surface area contributed by atoms with Crippen LogP contribution in [0.5, 0.6) is 0 Å². The number of carbonyl (C=O) groups excluding carboxylic acids is 1. The number of halogens is 2. The van der Waals surface area contributed by atoms with Crippen molar-refractivity contribution in [2.75, 3.05) is 13.2 Å². The molecular formula is C14H12ClFN2O3. The molecule has 1 aliphatic rings. The van der Waals surface area contributed by atoms with E-state index in [1.807, 2.05) is 0 Å². The Balaban J connectivity index is 1.77. The Morgan fingerprint density at radius 3 is 3.05 bits per heavy atom. The van der Waals surface area contributed by atoms with Crippen LogP contribution in [0.15, 0.2) is 22.7 Å². The standard InChI is InChI=1S/C14H12ClFN2O3/c15-11-6-9(16)2-1-8(11)5-13-17-14(21-18-13)10-7-20-4-3-12(10)19/h1-2,6,10H,3-5,7H2. The topological polar surface area (TPSA) is 65.2 Å². The Labute approximate surface area is 125 Å². The van der Waals surface area contributed by atoms with Gasteiger partial charge in [0, 0.05) is 17.9 Å². The lowest BCUT2D eigenvalue weighted by molar-refractivity contribution is -0.127. The predicted octanol–water partition coefficient (Wildman–Crippen LogP) is 2.53. The lowest BCUT2D eigenvalue weighted by Crippen LogP contribution is -2.25. The third-order valence-electron chi connectivity index (χ3n) is 3.31. The van der Waals surface area contributed by atoms with Crippen molar-refractivity contribution in [2.45, 2.75) is 18.8 Å². The van der Waals surface area contributed by atoms with Crippen molar-refractivity contribution < 1.29 is 18.4 Å². The van der Waals surface area contributed by atoms with E-state index < -0.39 is 11.7 Å². The Morgan fingerprint density at radius 2 is 2.29 bits per heavy atom. The third kappa shape index (κ3) is 3.11. The lowest BCUT2D eigenvalue weighted by atomic mass is 10.0. The number of ketones is 1. The number of aromatic nitrogens is 2. The molecule has 0 bridgehead atoms. The van der Waals surface area contributed by atoms with E-state index >= 15 is 0 Å². The van der Waals surface area contributed by atoms with Gasteiger partial charge in [0.1, 0.15) is 17.5 Å². The zero-order valence-electron chi connectivity index (χ0n) is 11.0. The van der Waals surface area contributed by atoms with Crippen LogP contribution < -0.4 is 0 Å². The van der Waals surface area contributed by atoms with Crippen molar-refractivity contribution in [3.63, 3.8) is 0 Å². The van der Waals surface area contributed by atoms with Crippen molar-refractivity contribution in [1.29, 1.82) is 0 Å². The molecule has 2 aromatic rings. The number of hydrogen-bond acceptors (Lipinski definition) is 5. The van der Waals surface area contributed by atoms with Gasteiger partial charge < -0.3 is 9.26 Å². The Bertz CT molecular complexity index is 674. The molecule has 0 spiro atoms. The van der Waals surface area contributed by atoms with Gasteiger partial charge in [0.05, 0.1) is 13.2 Å². The van der Waals surface area contributed by atoms with Crippen molar-refractivity contribution in [1.82, 2.24) is 10.1 Å². The average Bonchev–Trinajstić information content (AvgIpc) is 2.91. The number of Topliss-reactive ketones (excluding diaryl/α,β-unsaturated/α-hetero) is 1. The maximum Gasteiger partial charge on any atom is 0.239 e. The fourth-order valence-electron chi connectivity index (χ4n) is 2.17. The van der Waals surface area contributed by atoms with Crippen LogP contribution in [0.4, 0.5) is 4.39 Å². The molecule has 21 heavy (non-hydrogen) atoms. The van der Waals surface area contributed by atoms with E-state index in [0.717, 1.165) is 0 Å². The second-order valence-electron chi connectivity index (χ2n) is 4.81. The fourth-order valence-corrected chi connectivity index (χ4v) is 2.40. The number of benzene rings is 1. The van der Waals surface area contributed by atoms with Gasteiger partial charge in [-0.05, 0) is 17.7 Å². The number of ether oxygens (including phenoxy) is 1. The average molecular weight is 311 g/mol. The zero-order valence-corrected chi connectivity index (χ0v) is 11.8. The molecule has 1 unspecified atom stereocenters. The van der Waals surface area contributed by atoms with Crippen LogP contribution in [0.25, 0.3) is 0 Å². The van der Waals surface area contributed by atoms with Crippen LogP contribution in [0.2, 0.25) is 5.02 Å². The molecule has 5 nitrogen and oxygen atoms in total. The summed E-state index contributed by atoms with van der Waals surface area (Å²) < 4.78 is 23.4. The number of carbonyl (C=O) groups is 1. The molecular weight excluding hydrogens is 299 g/mol. The van der Waals surface area contributed by atoms with Crippen LogP contribution in [0, 0.1) is 5.82 Å². The molecule has 3 rings (SSSR count). The summed E-state index contributed by atoms with van der Waals surface area (Å²) >= 11 is 5.96. The van der Waals surface area contributed by atoms with E-state index in [9.17, 15) is 9.18 Å². The first-order valence-corrected chi connectivity index (χ1v) is 6.88. The largest absolute Gasteiger partial charge is 0.380 e. The van der Waals surface area contributed by atoms with Gasteiger partial charge >= 0.3 is 0 Å². The van der Waals surface area contributed by atoms with Crippen molar-refractivity contribution in [3.05, 3.63) is 46.3 Å². The maximum absolute atomic E-state index is 13.0. The Morgan fingerprint density at radius 1 is 1.43 bits per heavy atom. The Hall–Kier alpha value is -1.79. The van der Waals surface area contributed by atoms with Crippen LogP contribution in [0.1, 0.15) is 29.6 Å². The molecule has 0 aliphatic carbocycles. The third-order valence-corrected chi connectivity index (χ3v) is 3.66. The second kappa shape index (κ2) is 5.91. The Kier molecular flexibility index (Phi) is 3.98. The highest BCUT2D eigenvalue weighted by Gasteiger charge is 2.29. The highest BCUT2D eigenvalue weighted by atomic mass is 35.5. The van der Waals surface area contributed by atoms with E-state index in [1.165, 1.54) is 12.1 Å². The maximum atomic E-state index is 13.0. The summed E-state index contributed by atoms with van der Waals surface area (Å²) in [5.41, 5.74) is 0.691. The summed E-state index contributed by atoms with van der Waals surface area (Å²) in [4.78, 5) is 16.0. The predicted molar refractivity (Wildman–Crippen MR) is 71.7 cm³/mol. The van der Waals surface area contributed by atoms with E-state index in [-0.39, 0.29) is 18.3 Å². The van der Waals surface area contributed by atoms with Crippen LogP contribution in [0.3, 0.4) is 0 Å². The minimum absolute atomic E-state index is 0.0382. The summed E-state index contributed by atoms with van der Waals surface area (Å²) in [5, 5.41) is 4.14. The molecule has 0 N–H and O–H groups in total. The minimum atomic E-state index is -0.497. The molecule has 0 amide bonds. The quantitative estimate of drug-likeness (QED) is 0.871. The first-order chi connectivity index (χ1) is 10.1. The zero-order chi connectivity index (χ0) is 14.8. The van der Waals surface area contributed by atoms with E-state index in [2.05, 4.69) is 10.1 Å². The summed E-state index contributed by atoms with van der Waals surface area (Å²) in [6, 6.07) is 4.12. The van der Waals surface area contributed by atoms with Gasteiger partial charge in [-0.15, -0.1) is 0 Å². The summed E-state index contributed by atoms with van der Waals surface area (Å²) in [6.45, 7) is 0.694. The van der Waals surface area contributed by atoms with Gasteiger partial charge in [0.15, 0.2) is 5.82 Å². The highest BCUT2D eigenvalue weighted by Crippen LogP contribution is 2.23. The van der Waals surface area contributed by atoms with Crippen LogP contribution in [-0.2, 0) is 16.0 Å². The van der Waals surface area contributed by atoms with Gasteiger partial charge in [-0.2, -0.15) is 4.98 Å². The van der Waals surface area contributed by atoms with Crippen LogP contribution in [-0.4, -0.2) is 29.1 Å².